The number of rotatable bonds is 3. The molecule has 0 aliphatic rings. The highest BCUT2D eigenvalue weighted by Crippen LogP contribution is 2.23. The Morgan fingerprint density at radius 1 is 1.41 bits per heavy atom. The Labute approximate surface area is 107 Å². The number of hydrogen-bond acceptors (Lipinski definition) is 3. The van der Waals surface area contributed by atoms with E-state index in [4.69, 9.17) is 9.84 Å². The van der Waals surface area contributed by atoms with Gasteiger partial charge < -0.3 is 9.84 Å². The van der Waals surface area contributed by atoms with E-state index < -0.39 is 12.1 Å². The summed E-state index contributed by atoms with van der Waals surface area (Å²) in [6.45, 7) is 3.48. The smallest absolute Gasteiger partial charge is 0.411 e. The summed E-state index contributed by atoms with van der Waals surface area (Å²) in [5.41, 5.74) is 0.598. The normalized spacial score (nSPS) is 10.1. The van der Waals surface area contributed by atoms with Crippen LogP contribution < -0.4 is 5.32 Å². The van der Waals surface area contributed by atoms with E-state index in [1.54, 1.807) is 13.8 Å². The molecule has 0 unspecified atom stereocenters. The molecule has 0 fully saturated rings. The molecule has 5 nitrogen and oxygen atoms in total. The fourth-order valence-electron chi connectivity index (χ4n) is 1.10. The summed E-state index contributed by atoms with van der Waals surface area (Å²) < 4.78 is 5.38. The fourth-order valence-corrected chi connectivity index (χ4v) is 1.58. The van der Waals surface area contributed by atoms with E-state index in [1.165, 1.54) is 18.2 Å². The van der Waals surface area contributed by atoms with E-state index in [1.807, 2.05) is 0 Å². The average molecular weight is 302 g/mol. The Morgan fingerprint density at radius 3 is 2.53 bits per heavy atom. The molecular weight excluding hydrogens is 290 g/mol. The summed E-state index contributed by atoms with van der Waals surface area (Å²) in [5, 5.41) is 11.3. The molecule has 1 rings (SSSR count). The molecule has 92 valence electrons. The molecule has 0 saturated carbocycles. The monoisotopic (exact) mass is 301 g/mol. The van der Waals surface area contributed by atoms with Crippen LogP contribution in [0.25, 0.3) is 0 Å². The molecule has 0 radical (unpaired) electrons. The Kier molecular flexibility index (Phi) is 4.51. The van der Waals surface area contributed by atoms with Crippen molar-refractivity contribution in [1.29, 1.82) is 0 Å². The van der Waals surface area contributed by atoms with Crippen LogP contribution in [0.3, 0.4) is 0 Å². The number of carbonyl (C=O) groups excluding carboxylic acids is 1. The van der Waals surface area contributed by atoms with Gasteiger partial charge in [-0.05, 0) is 48.0 Å². The number of carbonyl (C=O) groups is 2. The zero-order valence-corrected chi connectivity index (χ0v) is 10.9. The minimum Gasteiger partial charge on any atom is -0.478 e. The maximum atomic E-state index is 11.3. The first kappa shape index (κ1) is 13.5. The molecule has 1 amide bonds. The van der Waals surface area contributed by atoms with Crippen molar-refractivity contribution < 1.29 is 19.4 Å². The molecule has 17 heavy (non-hydrogen) atoms. The molecule has 0 aromatic heterocycles. The van der Waals surface area contributed by atoms with Crippen molar-refractivity contribution in [3.8, 4) is 0 Å². The van der Waals surface area contributed by atoms with Crippen LogP contribution in [0.1, 0.15) is 24.2 Å². The van der Waals surface area contributed by atoms with Crippen LogP contribution in [0, 0.1) is 0 Å². The molecule has 0 aliphatic carbocycles. The van der Waals surface area contributed by atoms with Gasteiger partial charge >= 0.3 is 12.1 Å². The van der Waals surface area contributed by atoms with Crippen molar-refractivity contribution in [3.63, 3.8) is 0 Å². The summed E-state index contributed by atoms with van der Waals surface area (Å²) in [4.78, 5) is 22.0. The zero-order chi connectivity index (χ0) is 13.0. The Morgan fingerprint density at radius 2 is 2.06 bits per heavy atom. The number of carboxylic acid groups (broad SMARTS) is 1. The second kappa shape index (κ2) is 5.67. The lowest BCUT2D eigenvalue weighted by Crippen LogP contribution is -2.18. The number of nitrogens with one attached hydrogen (secondary N) is 1. The van der Waals surface area contributed by atoms with E-state index in [2.05, 4.69) is 21.2 Å². The standard InChI is InChI=1S/C11H12BrNO4/c1-6(2)17-11(16)13-9-4-3-7(10(14)15)5-8(9)12/h3-6H,1-2H3,(H,13,16)(H,14,15). The minimum absolute atomic E-state index is 0.139. The number of hydrogen-bond donors (Lipinski definition) is 2. The number of carboxylic acids is 1. The van der Waals surface area contributed by atoms with E-state index in [-0.39, 0.29) is 11.7 Å². The first-order valence-corrected chi connectivity index (χ1v) is 5.70. The lowest BCUT2D eigenvalue weighted by molar-refractivity contribution is 0.0696. The van der Waals surface area contributed by atoms with Crippen molar-refractivity contribution in [1.82, 2.24) is 0 Å². The van der Waals surface area contributed by atoms with Gasteiger partial charge in [0.1, 0.15) is 0 Å². The van der Waals surface area contributed by atoms with Gasteiger partial charge in [-0.1, -0.05) is 0 Å². The average Bonchev–Trinajstić information content (AvgIpc) is 2.19. The number of aromatic carboxylic acids is 1. The van der Waals surface area contributed by atoms with Crippen molar-refractivity contribution in [2.75, 3.05) is 5.32 Å². The molecular formula is C11H12BrNO4. The molecule has 2 N–H and O–H groups in total. The third-order valence-electron chi connectivity index (χ3n) is 1.80. The quantitative estimate of drug-likeness (QED) is 0.899. The van der Waals surface area contributed by atoms with Crippen LogP contribution in [0.2, 0.25) is 0 Å². The Hall–Kier alpha value is -1.56. The van der Waals surface area contributed by atoms with E-state index in [0.717, 1.165) is 0 Å². The molecule has 0 bridgehead atoms. The van der Waals surface area contributed by atoms with Crippen LogP contribution in [0.15, 0.2) is 22.7 Å². The first-order valence-electron chi connectivity index (χ1n) is 4.90. The molecule has 0 aliphatic heterocycles. The molecule has 6 heteroatoms. The second-order valence-electron chi connectivity index (χ2n) is 3.58. The van der Waals surface area contributed by atoms with E-state index in [0.29, 0.717) is 10.2 Å². The maximum Gasteiger partial charge on any atom is 0.411 e. The number of ether oxygens (including phenoxy) is 1. The van der Waals surface area contributed by atoms with Crippen LogP contribution >= 0.6 is 15.9 Å². The van der Waals surface area contributed by atoms with Gasteiger partial charge in [-0.25, -0.2) is 9.59 Å². The predicted octanol–water partition coefficient (Wildman–Crippen LogP) is 3.10. The van der Waals surface area contributed by atoms with Gasteiger partial charge in [-0.3, -0.25) is 5.32 Å². The van der Waals surface area contributed by atoms with Crippen molar-refractivity contribution >= 4 is 33.7 Å². The summed E-state index contributed by atoms with van der Waals surface area (Å²) in [6.07, 6.45) is -0.796. The topological polar surface area (TPSA) is 75.6 Å². The van der Waals surface area contributed by atoms with Crippen LogP contribution in [-0.2, 0) is 4.74 Å². The summed E-state index contributed by atoms with van der Waals surface area (Å²) in [7, 11) is 0. The van der Waals surface area contributed by atoms with Crippen molar-refractivity contribution in [3.05, 3.63) is 28.2 Å². The van der Waals surface area contributed by atoms with Gasteiger partial charge in [0.25, 0.3) is 0 Å². The summed E-state index contributed by atoms with van der Waals surface area (Å²) in [5.74, 6) is -1.03. The molecule has 0 saturated heterocycles. The highest BCUT2D eigenvalue weighted by molar-refractivity contribution is 9.10. The molecule has 1 aromatic carbocycles. The summed E-state index contributed by atoms with van der Waals surface area (Å²) >= 11 is 3.18. The number of halogens is 1. The van der Waals surface area contributed by atoms with Crippen LogP contribution in [0.4, 0.5) is 10.5 Å². The highest BCUT2D eigenvalue weighted by Gasteiger charge is 2.10. The SMILES string of the molecule is CC(C)OC(=O)Nc1ccc(C(=O)O)cc1Br. The number of anilines is 1. The molecule has 0 spiro atoms. The zero-order valence-electron chi connectivity index (χ0n) is 9.36. The van der Waals surface area contributed by atoms with Crippen molar-refractivity contribution in [2.24, 2.45) is 0 Å². The maximum absolute atomic E-state index is 11.3. The summed E-state index contributed by atoms with van der Waals surface area (Å²) in [6, 6.07) is 4.31. The molecule has 0 heterocycles. The molecule has 1 aromatic rings. The van der Waals surface area contributed by atoms with E-state index in [9.17, 15) is 9.59 Å². The third-order valence-corrected chi connectivity index (χ3v) is 2.45. The predicted molar refractivity (Wildman–Crippen MR) is 66.3 cm³/mol. The van der Waals surface area contributed by atoms with Gasteiger partial charge in [0, 0.05) is 4.47 Å². The van der Waals surface area contributed by atoms with Gasteiger partial charge in [0.15, 0.2) is 0 Å². The van der Waals surface area contributed by atoms with Gasteiger partial charge in [-0.15, -0.1) is 0 Å². The van der Waals surface area contributed by atoms with Crippen LogP contribution in [-0.4, -0.2) is 23.3 Å². The number of benzene rings is 1. The highest BCUT2D eigenvalue weighted by atomic mass is 79.9. The lowest BCUT2D eigenvalue weighted by atomic mass is 10.2. The Balaban J connectivity index is 2.79. The van der Waals surface area contributed by atoms with Crippen LogP contribution in [0.5, 0.6) is 0 Å². The largest absolute Gasteiger partial charge is 0.478 e. The lowest BCUT2D eigenvalue weighted by Gasteiger charge is -2.10. The van der Waals surface area contributed by atoms with Gasteiger partial charge in [-0.2, -0.15) is 0 Å². The number of amides is 1. The Bertz CT molecular complexity index is 445. The van der Waals surface area contributed by atoms with Gasteiger partial charge in [0.05, 0.1) is 17.4 Å². The minimum atomic E-state index is -1.03. The molecule has 0 atom stereocenters. The third kappa shape index (κ3) is 4.07. The second-order valence-corrected chi connectivity index (χ2v) is 4.43. The van der Waals surface area contributed by atoms with E-state index >= 15 is 0 Å². The van der Waals surface area contributed by atoms with Crippen molar-refractivity contribution in [2.45, 2.75) is 20.0 Å². The fraction of sp³-hybridized carbons (Fsp3) is 0.273. The van der Waals surface area contributed by atoms with Gasteiger partial charge in [0.2, 0.25) is 0 Å². The first-order chi connectivity index (χ1) is 7.90.